The Morgan fingerprint density at radius 2 is 2.07 bits per heavy atom. The van der Waals surface area contributed by atoms with Crippen molar-refractivity contribution >= 4 is 12.6 Å². The molecule has 3 nitrogen and oxygen atoms in total. The van der Waals surface area contributed by atoms with Crippen LogP contribution in [-0.4, -0.2) is 30.2 Å². The summed E-state index contributed by atoms with van der Waals surface area (Å²) in [7, 11) is -1.56. The van der Waals surface area contributed by atoms with Crippen molar-refractivity contribution in [3.63, 3.8) is 0 Å². The number of halogens is 2. The minimum atomic E-state index is -2.52. The van der Waals surface area contributed by atoms with Crippen molar-refractivity contribution < 1.29 is 23.6 Å². The van der Waals surface area contributed by atoms with Gasteiger partial charge in [-0.1, -0.05) is 12.1 Å². The Labute approximate surface area is 86.5 Å². The molecule has 82 valence electrons. The van der Waals surface area contributed by atoms with Crippen molar-refractivity contribution in [3.05, 3.63) is 23.8 Å². The van der Waals surface area contributed by atoms with Gasteiger partial charge in [-0.05, 0) is 24.0 Å². The molecule has 6 heteroatoms. The Morgan fingerprint density at radius 1 is 1.40 bits per heavy atom. The topological polar surface area (TPSA) is 49.7 Å². The SMILES string of the molecule is Cc1cc(B(O)O)ccc1OCC(F)F. The molecule has 0 aliphatic carbocycles. The van der Waals surface area contributed by atoms with Gasteiger partial charge in [0, 0.05) is 0 Å². The molecular weight excluding hydrogens is 205 g/mol. The van der Waals surface area contributed by atoms with Gasteiger partial charge in [0.1, 0.15) is 12.4 Å². The smallest absolute Gasteiger partial charge is 0.487 e. The molecule has 0 amide bonds. The third-order valence-electron chi connectivity index (χ3n) is 1.86. The first kappa shape index (κ1) is 11.9. The first-order valence-electron chi connectivity index (χ1n) is 4.38. The minimum Gasteiger partial charge on any atom is -0.487 e. The maximum Gasteiger partial charge on any atom is 0.488 e. The van der Waals surface area contributed by atoms with E-state index in [1.807, 2.05) is 0 Å². The zero-order chi connectivity index (χ0) is 11.4. The van der Waals surface area contributed by atoms with E-state index >= 15 is 0 Å². The first-order valence-corrected chi connectivity index (χ1v) is 4.38. The number of benzene rings is 1. The highest BCUT2D eigenvalue weighted by Gasteiger charge is 2.13. The number of hydrogen-bond acceptors (Lipinski definition) is 3. The molecule has 0 atom stereocenters. The molecule has 0 radical (unpaired) electrons. The average molecular weight is 216 g/mol. The van der Waals surface area contributed by atoms with E-state index in [2.05, 4.69) is 0 Å². The highest BCUT2D eigenvalue weighted by molar-refractivity contribution is 6.58. The molecule has 0 saturated heterocycles. The van der Waals surface area contributed by atoms with Gasteiger partial charge < -0.3 is 14.8 Å². The lowest BCUT2D eigenvalue weighted by Crippen LogP contribution is -2.29. The molecule has 0 saturated carbocycles. The van der Waals surface area contributed by atoms with Crippen LogP contribution in [0.3, 0.4) is 0 Å². The summed E-state index contributed by atoms with van der Waals surface area (Å²) in [6.07, 6.45) is -2.52. The van der Waals surface area contributed by atoms with Gasteiger partial charge in [0.15, 0.2) is 0 Å². The summed E-state index contributed by atoms with van der Waals surface area (Å²) < 4.78 is 28.5. The maximum absolute atomic E-state index is 11.9. The second-order valence-corrected chi connectivity index (χ2v) is 3.10. The van der Waals surface area contributed by atoms with Crippen molar-refractivity contribution in [2.45, 2.75) is 13.3 Å². The van der Waals surface area contributed by atoms with Gasteiger partial charge in [-0.3, -0.25) is 0 Å². The van der Waals surface area contributed by atoms with Gasteiger partial charge in [-0.2, -0.15) is 0 Å². The first-order chi connectivity index (χ1) is 7.00. The van der Waals surface area contributed by atoms with Crippen LogP contribution in [0, 0.1) is 6.92 Å². The quantitative estimate of drug-likeness (QED) is 0.712. The van der Waals surface area contributed by atoms with Gasteiger partial charge in [0.05, 0.1) is 0 Å². The van der Waals surface area contributed by atoms with Gasteiger partial charge in [-0.25, -0.2) is 8.78 Å². The van der Waals surface area contributed by atoms with Crippen LogP contribution >= 0.6 is 0 Å². The molecule has 0 aliphatic rings. The van der Waals surface area contributed by atoms with Crippen LogP contribution in [0.1, 0.15) is 5.56 Å². The Bertz CT molecular complexity index is 331. The number of aryl methyl sites for hydroxylation is 1. The highest BCUT2D eigenvalue weighted by Crippen LogP contribution is 2.16. The summed E-state index contributed by atoms with van der Waals surface area (Å²) in [6.45, 7) is 0.981. The molecule has 0 bridgehead atoms. The van der Waals surface area contributed by atoms with Crippen molar-refractivity contribution in [1.82, 2.24) is 0 Å². The highest BCUT2D eigenvalue weighted by atomic mass is 19.3. The Kier molecular flexibility index (Phi) is 4.05. The second-order valence-electron chi connectivity index (χ2n) is 3.10. The third kappa shape index (κ3) is 3.49. The molecule has 2 N–H and O–H groups in total. The fourth-order valence-electron chi connectivity index (χ4n) is 1.15. The normalized spacial score (nSPS) is 10.5. The van der Waals surface area contributed by atoms with Crippen molar-refractivity contribution in [2.24, 2.45) is 0 Å². The van der Waals surface area contributed by atoms with E-state index in [0.29, 0.717) is 16.8 Å². The summed E-state index contributed by atoms with van der Waals surface area (Å²) in [5.41, 5.74) is 0.887. The van der Waals surface area contributed by atoms with Gasteiger partial charge in [0.25, 0.3) is 6.43 Å². The number of alkyl halides is 2. The molecule has 15 heavy (non-hydrogen) atoms. The Morgan fingerprint density at radius 3 is 2.53 bits per heavy atom. The van der Waals surface area contributed by atoms with Crippen molar-refractivity contribution in [1.29, 1.82) is 0 Å². The summed E-state index contributed by atoms with van der Waals surface area (Å²) in [5.74, 6) is 0.319. The monoisotopic (exact) mass is 216 g/mol. The largest absolute Gasteiger partial charge is 0.488 e. The van der Waals surface area contributed by atoms with Gasteiger partial charge in [-0.15, -0.1) is 0 Å². The van der Waals surface area contributed by atoms with Gasteiger partial charge >= 0.3 is 7.12 Å². The van der Waals surface area contributed by atoms with Crippen LogP contribution in [0.15, 0.2) is 18.2 Å². The number of rotatable bonds is 4. The Balaban J connectivity index is 2.75. The molecule has 0 unspecified atom stereocenters. The summed E-state index contributed by atoms with van der Waals surface area (Å²) in [4.78, 5) is 0. The van der Waals surface area contributed by atoms with E-state index in [1.54, 1.807) is 6.92 Å². The molecule has 1 aromatic carbocycles. The second kappa shape index (κ2) is 5.09. The molecule has 0 fully saturated rings. The lowest BCUT2D eigenvalue weighted by atomic mass is 9.79. The van der Waals surface area contributed by atoms with Crippen LogP contribution < -0.4 is 10.2 Å². The molecule has 0 spiro atoms. The summed E-state index contributed by atoms with van der Waals surface area (Å²) in [6, 6.07) is 4.33. The predicted octanol–water partition coefficient (Wildman–Crippen LogP) is 0.319. The van der Waals surface area contributed by atoms with Crippen LogP contribution in [0.5, 0.6) is 5.75 Å². The number of hydrogen-bond donors (Lipinski definition) is 2. The zero-order valence-corrected chi connectivity index (χ0v) is 8.15. The van der Waals surface area contributed by atoms with Crippen LogP contribution in [-0.2, 0) is 0 Å². The fourth-order valence-corrected chi connectivity index (χ4v) is 1.15. The lowest BCUT2D eigenvalue weighted by Gasteiger charge is -2.09. The standard InChI is InChI=1S/C9H11BF2O3/c1-6-4-7(10(13)14)2-3-8(6)15-5-9(11)12/h2-4,9,13-14H,5H2,1H3. The van der Waals surface area contributed by atoms with E-state index in [9.17, 15) is 8.78 Å². The molecular formula is C9H11BF2O3. The molecule has 0 aliphatic heterocycles. The van der Waals surface area contributed by atoms with Gasteiger partial charge in [0.2, 0.25) is 0 Å². The van der Waals surface area contributed by atoms with E-state index in [4.69, 9.17) is 14.8 Å². The van der Waals surface area contributed by atoms with Crippen molar-refractivity contribution in [3.8, 4) is 5.75 Å². The zero-order valence-electron chi connectivity index (χ0n) is 8.15. The van der Waals surface area contributed by atoms with E-state index in [0.717, 1.165) is 0 Å². The van der Waals surface area contributed by atoms with E-state index in [1.165, 1.54) is 18.2 Å². The lowest BCUT2D eigenvalue weighted by molar-refractivity contribution is 0.0816. The third-order valence-corrected chi connectivity index (χ3v) is 1.86. The molecule has 0 aromatic heterocycles. The van der Waals surface area contributed by atoms with Crippen LogP contribution in [0.25, 0.3) is 0 Å². The molecule has 1 aromatic rings. The van der Waals surface area contributed by atoms with E-state index in [-0.39, 0.29) is 0 Å². The summed E-state index contributed by atoms with van der Waals surface area (Å²) in [5, 5.41) is 17.7. The molecule has 1 rings (SSSR count). The van der Waals surface area contributed by atoms with Crippen molar-refractivity contribution in [2.75, 3.05) is 6.61 Å². The Hall–Kier alpha value is -1.14. The van der Waals surface area contributed by atoms with Crippen LogP contribution in [0.2, 0.25) is 0 Å². The fraction of sp³-hybridized carbons (Fsp3) is 0.333. The molecule has 0 heterocycles. The summed E-state index contributed by atoms with van der Waals surface area (Å²) >= 11 is 0. The minimum absolute atomic E-state index is 0.303. The maximum atomic E-state index is 11.9. The van der Waals surface area contributed by atoms with E-state index < -0.39 is 20.2 Å². The average Bonchev–Trinajstić information content (AvgIpc) is 2.15. The number of ether oxygens (including phenoxy) is 1. The van der Waals surface area contributed by atoms with Crippen LogP contribution in [0.4, 0.5) is 8.78 Å². The predicted molar refractivity (Wildman–Crippen MR) is 52.5 cm³/mol.